The zero-order chi connectivity index (χ0) is 12.7. The van der Waals surface area contributed by atoms with Gasteiger partial charge in [0.2, 0.25) is 0 Å². The van der Waals surface area contributed by atoms with Gasteiger partial charge in [0.25, 0.3) is 0 Å². The van der Waals surface area contributed by atoms with Gasteiger partial charge in [-0.15, -0.1) is 0 Å². The van der Waals surface area contributed by atoms with Crippen LogP contribution in [-0.4, -0.2) is 20.4 Å². The molecule has 0 radical (unpaired) electrons. The second-order valence-corrected chi connectivity index (χ2v) is 4.78. The molecule has 1 aromatic rings. The zero-order valence-corrected chi connectivity index (χ0v) is 9.81. The van der Waals surface area contributed by atoms with Crippen LogP contribution in [0.1, 0.15) is 36.6 Å². The van der Waals surface area contributed by atoms with E-state index in [-0.39, 0.29) is 23.2 Å². The summed E-state index contributed by atoms with van der Waals surface area (Å²) in [7, 11) is 0. The molecule has 17 heavy (non-hydrogen) atoms. The minimum atomic E-state index is -0.928. The molecule has 4 nitrogen and oxygen atoms in total. The molecule has 0 saturated carbocycles. The van der Waals surface area contributed by atoms with Crippen LogP contribution in [0.4, 0.5) is 0 Å². The van der Waals surface area contributed by atoms with Crippen molar-refractivity contribution in [1.82, 2.24) is 0 Å². The van der Waals surface area contributed by atoms with Crippen molar-refractivity contribution >= 4 is 5.76 Å². The number of aliphatic hydroxyl groups is 2. The summed E-state index contributed by atoms with van der Waals surface area (Å²) in [6, 6.07) is 1.29. The fourth-order valence-electron chi connectivity index (χ4n) is 2.20. The topological polar surface area (TPSA) is 80.9 Å². The SMILES string of the molecule is CC(C)Cc1c(O)c(O)cc2c1C(O)=CC2O. The third kappa shape index (κ3) is 1.85. The summed E-state index contributed by atoms with van der Waals surface area (Å²) in [6.45, 7) is 3.95. The Morgan fingerprint density at radius 2 is 1.88 bits per heavy atom. The molecule has 0 aromatic heterocycles. The highest BCUT2D eigenvalue weighted by atomic mass is 16.3. The first kappa shape index (κ1) is 11.8. The number of aromatic hydroxyl groups is 2. The van der Waals surface area contributed by atoms with E-state index in [9.17, 15) is 20.4 Å². The molecular weight excluding hydrogens is 220 g/mol. The molecule has 0 saturated heterocycles. The molecule has 0 aliphatic heterocycles. The molecule has 0 amide bonds. The van der Waals surface area contributed by atoms with Crippen molar-refractivity contribution < 1.29 is 20.4 Å². The standard InChI is InChI=1S/C13H16O4/c1-6(2)3-8-12-7(4-11(16)13(8)17)9(14)5-10(12)15/h4-6,9,14-17H,3H2,1-2H3. The van der Waals surface area contributed by atoms with E-state index in [0.717, 1.165) is 0 Å². The maximum atomic E-state index is 9.84. The maximum Gasteiger partial charge on any atom is 0.161 e. The van der Waals surface area contributed by atoms with Crippen LogP contribution >= 0.6 is 0 Å². The van der Waals surface area contributed by atoms with Gasteiger partial charge in [0.15, 0.2) is 11.5 Å². The molecule has 92 valence electrons. The quantitative estimate of drug-likeness (QED) is 0.594. The number of phenolic OH excluding ortho intramolecular Hbond substituents is 2. The predicted octanol–water partition coefficient (Wildman–Crippen LogP) is 2.24. The largest absolute Gasteiger partial charge is 0.508 e. The smallest absolute Gasteiger partial charge is 0.161 e. The van der Waals surface area contributed by atoms with Crippen LogP contribution in [0, 0.1) is 5.92 Å². The van der Waals surface area contributed by atoms with E-state index in [1.165, 1.54) is 12.1 Å². The number of rotatable bonds is 2. The average molecular weight is 236 g/mol. The third-order valence-electron chi connectivity index (χ3n) is 2.91. The molecule has 1 aromatic carbocycles. The van der Waals surface area contributed by atoms with Crippen molar-refractivity contribution in [2.24, 2.45) is 5.92 Å². The van der Waals surface area contributed by atoms with E-state index in [1.807, 2.05) is 13.8 Å². The van der Waals surface area contributed by atoms with E-state index in [1.54, 1.807) is 0 Å². The van der Waals surface area contributed by atoms with Crippen molar-refractivity contribution in [3.8, 4) is 11.5 Å². The molecular formula is C13H16O4. The second kappa shape index (κ2) is 3.96. The van der Waals surface area contributed by atoms with E-state index in [2.05, 4.69) is 0 Å². The highest BCUT2D eigenvalue weighted by molar-refractivity contribution is 5.75. The lowest BCUT2D eigenvalue weighted by atomic mass is 9.93. The molecule has 1 unspecified atom stereocenters. The summed E-state index contributed by atoms with van der Waals surface area (Å²) in [6.07, 6.45) is 0.892. The van der Waals surface area contributed by atoms with Crippen LogP contribution in [0.5, 0.6) is 11.5 Å². The molecule has 0 spiro atoms. The first-order valence-electron chi connectivity index (χ1n) is 5.58. The lowest BCUT2D eigenvalue weighted by molar-refractivity contribution is 0.230. The van der Waals surface area contributed by atoms with Crippen LogP contribution in [0.2, 0.25) is 0 Å². The molecule has 4 N–H and O–H groups in total. The summed E-state index contributed by atoms with van der Waals surface area (Å²) in [5, 5.41) is 38.9. The number of aliphatic hydroxyl groups excluding tert-OH is 2. The van der Waals surface area contributed by atoms with Crippen LogP contribution < -0.4 is 0 Å². The molecule has 1 aliphatic rings. The number of benzene rings is 1. The minimum Gasteiger partial charge on any atom is -0.508 e. The van der Waals surface area contributed by atoms with Gasteiger partial charge < -0.3 is 20.4 Å². The summed E-state index contributed by atoms with van der Waals surface area (Å²) >= 11 is 0. The van der Waals surface area contributed by atoms with Gasteiger partial charge in [0.05, 0.1) is 0 Å². The monoisotopic (exact) mass is 236 g/mol. The Morgan fingerprint density at radius 3 is 2.47 bits per heavy atom. The Balaban J connectivity index is 2.64. The van der Waals surface area contributed by atoms with Crippen LogP contribution in [0.25, 0.3) is 5.76 Å². The van der Waals surface area contributed by atoms with Crippen molar-refractivity contribution in [2.75, 3.05) is 0 Å². The minimum absolute atomic E-state index is 0.0431. The third-order valence-corrected chi connectivity index (χ3v) is 2.91. The number of hydrogen-bond acceptors (Lipinski definition) is 4. The number of phenols is 2. The van der Waals surface area contributed by atoms with E-state index >= 15 is 0 Å². The van der Waals surface area contributed by atoms with Gasteiger partial charge in [-0.2, -0.15) is 0 Å². The van der Waals surface area contributed by atoms with Crippen LogP contribution in [0.15, 0.2) is 12.1 Å². The predicted molar refractivity (Wildman–Crippen MR) is 63.9 cm³/mol. The first-order chi connectivity index (χ1) is 7.91. The Bertz CT molecular complexity index is 489. The van der Waals surface area contributed by atoms with Gasteiger partial charge >= 0.3 is 0 Å². The Morgan fingerprint density at radius 1 is 1.24 bits per heavy atom. The molecule has 0 heterocycles. The van der Waals surface area contributed by atoms with Gasteiger partial charge in [-0.1, -0.05) is 13.8 Å². The molecule has 4 heteroatoms. The zero-order valence-electron chi connectivity index (χ0n) is 9.81. The highest BCUT2D eigenvalue weighted by Crippen LogP contribution is 2.44. The summed E-state index contributed by atoms with van der Waals surface area (Å²) in [4.78, 5) is 0. The number of fused-ring (bicyclic) bond motifs is 1. The van der Waals surface area contributed by atoms with Gasteiger partial charge in [0, 0.05) is 11.1 Å². The average Bonchev–Trinajstić information content (AvgIpc) is 2.49. The number of hydrogen-bond donors (Lipinski definition) is 4. The summed E-state index contributed by atoms with van der Waals surface area (Å²) < 4.78 is 0. The molecule has 2 rings (SSSR count). The van der Waals surface area contributed by atoms with Crippen LogP contribution in [-0.2, 0) is 6.42 Å². The van der Waals surface area contributed by atoms with E-state index in [0.29, 0.717) is 23.1 Å². The lowest BCUT2D eigenvalue weighted by Crippen LogP contribution is -2.02. The summed E-state index contributed by atoms with van der Waals surface area (Å²) in [5.74, 6) is -0.260. The van der Waals surface area contributed by atoms with Gasteiger partial charge in [-0.25, -0.2) is 0 Å². The second-order valence-electron chi connectivity index (χ2n) is 4.78. The molecule has 1 atom stereocenters. The Labute approximate surface area is 99.5 Å². The van der Waals surface area contributed by atoms with E-state index < -0.39 is 6.10 Å². The normalized spacial score (nSPS) is 18.4. The Hall–Kier alpha value is -1.68. The van der Waals surface area contributed by atoms with Crippen molar-refractivity contribution in [2.45, 2.75) is 26.4 Å². The maximum absolute atomic E-state index is 9.84. The molecule has 1 aliphatic carbocycles. The fraction of sp³-hybridized carbons (Fsp3) is 0.385. The molecule has 0 fully saturated rings. The van der Waals surface area contributed by atoms with Crippen molar-refractivity contribution in [1.29, 1.82) is 0 Å². The van der Waals surface area contributed by atoms with Gasteiger partial charge in [-0.3, -0.25) is 0 Å². The lowest BCUT2D eigenvalue weighted by Gasteiger charge is -2.15. The fourth-order valence-corrected chi connectivity index (χ4v) is 2.20. The highest BCUT2D eigenvalue weighted by Gasteiger charge is 2.28. The Kier molecular flexibility index (Phi) is 2.75. The summed E-state index contributed by atoms with van der Waals surface area (Å²) in [5.41, 5.74) is 1.37. The molecule has 0 bridgehead atoms. The van der Waals surface area contributed by atoms with E-state index in [4.69, 9.17) is 0 Å². The van der Waals surface area contributed by atoms with Crippen LogP contribution in [0.3, 0.4) is 0 Å². The van der Waals surface area contributed by atoms with Crippen molar-refractivity contribution in [3.63, 3.8) is 0 Å². The van der Waals surface area contributed by atoms with Gasteiger partial charge in [-0.05, 0) is 30.0 Å². The first-order valence-corrected chi connectivity index (χ1v) is 5.58. The van der Waals surface area contributed by atoms with Gasteiger partial charge in [0.1, 0.15) is 11.9 Å². The van der Waals surface area contributed by atoms with Crippen molar-refractivity contribution in [3.05, 3.63) is 28.8 Å².